The van der Waals surface area contributed by atoms with Gasteiger partial charge in [0.2, 0.25) is 0 Å². The summed E-state index contributed by atoms with van der Waals surface area (Å²) in [6.07, 6.45) is 0. The molecule has 2 rings (SSSR count). The molecule has 0 radical (unpaired) electrons. The Morgan fingerprint density at radius 1 is 0.947 bits per heavy atom. The van der Waals surface area contributed by atoms with Crippen molar-refractivity contribution in [1.82, 2.24) is 0 Å². The zero-order chi connectivity index (χ0) is 14.2. The number of alkyl halides is 1. The van der Waals surface area contributed by atoms with E-state index in [2.05, 4.69) is 15.9 Å². The van der Waals surface area contributed by atoms with Gasteiger partial charge in [-0.25, -0.2) is 8.78 Å². The first kappa shape index (κ1) is 15.0. The molecule has 0 aliphatic rings. The predicted molar refractivity (Wildman–Crippen MR) is 78.2 cm³/mol. The lowest BCUT2D eigenvalue weighted by Gasteiger charge is -2.13. The van der Waals surface area contributed by atoms with E-state index >= 15 is 0 Å². The van der Waals surface area contributed by atoms with Crippen molar-refractivity contribution in [3.05, 3.63) is 67.6 Å². The summed E-state index contributed by atoms with van der Waals surface area (Å²) in [6, 6.07) is 6.66. The molecule has 0 saturated heterocycles. The van der Waals surface area contributed by atoms with E-state index in [4.69, 9.17) is 34.8 Å². The van der Waals surface area contributed by atoms with E-state index in [-0.39, 0.29) is 10.6 Å². The summed E-state index contributed by atoms with van der Waals surface area (Å²) in [7, 11) is 0. The summed E-state index contributed by atoms with van der Waals surface area (Å²) >= 11 is 20.9. The second-order valence-corrected chi connectivity index (χ2v) is 5.93. The quantitative estimate of drug-likeness (QED) is 0.416. The number of rotatable bonds is 2. The molecule has 6 heteroatoms. The van der Waals surface area contributed by atoms with Crippen LogP contribution in [0.2, 0.25) is 10.0 Å². The third kappa shape index (κ3) is 3.22. The smallest absolute Gasteiger partial charge is 0.141 e. The van der Waals surface area contributed by atoms with Crippen LogP contribution in [0.4, 0.5) is 8.78 Å². The Bertz CT molecular complexity index is 632. The third-order valence-electron chi connectivity index (χ3n) is 2.55. The summed E-state index contributed by atoms with van der Waals surface area (Å²) in [6.45, 7) is 0. The maximum atomic E-state index is 13.9. The van der Waals surface area contributed by atoms with Gasteiger partial charge in [0, 0.05) is 10.0 Å². The molecule has 0 aliphatic heterocycles. The molecule has 0 spiro atoms. The summed E-state index contributed by atoms with van der Waals surface area (Å²) in [5.74, 6) is -1.06. The fraction of sp³-hybridized carbons (Fsp3) is 0.0769. The van der Waals surface area contributed by atoms with Gasteiger partial charge in [-0.1, -0.05) is 29.3 Å². The second kappa shape index (κ2) is 5.96. The predicted octanol–water partition coefficient (Wildman–Crippen LogP) is 6.36. The Labute approximate surface area is 132 Å². The van der Waals surface area contributed by atoms with Crippen molar-refractivity contribution < 1.29 is 8.78 Å². The molecule has 0 aliphatic carbocycles. The van der Waals surface area contributed by atoms with Gasteiger partial charge >= 0.3 is 0 Å². The Hall–Kier alpha value is -0.350. The van der Waals surface area contributed by atoms with Gasteiger partial charge in [-0.2, -0.15) is 0 Å². The lowest BCUT2D eigenvalue weighted by atomic mass is 10.0. The zero-order valence-corrected chi connectivity index (χ0v) is 13.1. The Balaban J connectivity index is 2.46. The van der Waals surface area contributed by atoms with E-state index in [9.17, 15) is 8.78 Å². The van der Waals surface area contributed by atoms with Crippen LogP contribution in [0, 0.1) is 11.6 Å². The van der Waals surface area contributed by atoms with Gasteiger partial charge in [0.05, 0.1) is 15.4 Å². The van der Waals surface area contributed by atoms with Crippen LogP contribution < -0.4 is 0 Å². The standard InChI is InChI=1S/C13H6BrCl3F2/c14-8-5-12(19)7(4-9(8)15)13(17)6-1-2-11(18)10(16)3-6/h1-5,13H. The molecule has 0 amide bonds. The molecule has 0 bridgehead atoms. The molecule has 0 N–H and O–H groups in total. The minimum Gasteiger partial charge on any atom is -0.207 e. The van der Waals surface area contributed by atoms with Crippen LogP contribution in [0.3, 0.4) is 0 Å². The van der Waals surface area contributed by atoms with Crippen molar-refractivity contribution in [2.45, 2.75) is 5.38 Å². The third-order valence-corrected chi connectivity index (χ3v) is 4.52. The molecule has 0 nitrogen and oxygen atoms in total. The molecule has 0 heterocycles. The van der Waals surface area contributed by atoms with Gasteiger partial charge in [0.1, 0.15) is 11.6 Å². The summed E-state index contributed by atoms with van der Waals surface area (Å²) in [5.41, 5.74) is 0.697. The SMILES string of the molecule is Fc1ccc(C(Cl)c2cc(Cl)c(Br)cc2F)cc1Cl. The lowest BCUT2D eigenvalue weighted by Crippen LogP contribution is -1.98. The largest absolute Gasteiger partial charge is 0.207 e. The fourth-order valence-corrected chi connectivity index (χ4v) is 2.56. The molecular formula is C13H6BrCl3F2. The first-order valence-electron chi connectivity index (χ1n) is 5.13. The van der Waals surface area contributed by atoms with Crippen molar-refractivity contribution >= 4 is 50.7 Å². The topological polar surface area (TPSA) is 0 Å². The van der Waals surface area contributed by atoms with Crippen LogP contribution in [-0.4, -0.2) is 0 Å². The van der Waals surface area contributed by atoms with Crippen molar-refractivity contribution in [3.8, 4) is 0 Å². The molecule has 0 fully saturated rings. The van der Waals surface area contributed by atoms with Crippen LogP contribution in [0.1, 0.15) is 16.5 Å². The van der Waals surface area contributed by atoms with Crippen LogP contribution in [0.25, 0.3) is 0 Å². The van der Waals surface area contributed by atoms with E-state index in [1.165, 1.54) is 30.3 Å². The number of benzene rings is 2. The molecule has 1 atom stereocenters. The van der Waals surface area contributed by atoms with E-state index in [1.54, 1.807) is 0 Å². The molecule has 19 heavy (non-hydrogen) atoms. The second-order valence-electron chi connectivity index (χ2n) is 3.82. The molecular weight excluding hydrogens is 380 g/mol. The maximum absolute atomic E-state index is 13.9. The van der Waals surface area contributed by atoms with Crippen molar-refractivity contribution in [3.63, 3.8) is 0 Å². The minimum absolute atomic E-state index is 0.0632. The molecule has 2 aromatic carbocycles. The Kier molecular flexibility index (Phi) is 4.72. The maximum Gasteiger partial charge on any atom is 0.141 e. The van der Waals surface area contributed by atoms with Gasteiger partial charge in [-0.15, -0.1) is 11.6 Å². The van der Waals surface area contributed by atoms with Gasteiger partial charge in [0.15, 0.2) is 0 Å². The highest BCUT2D eigenvalue weighted by Gasteiger charge is 2.18. The van der Waals surface area contributed by atoms with Crippen LogP contribution in [-0.2, 0) is 0 Å². The van der Waals surface area contributed by atoms with Crippen molar-refractivity contribution in [2.75, 3.05) is 0 Å². The van der Waals surface area contributed by atoms with Gasteiger partial charge in [-0.3, -0.25) is 0 Å². The van der Waals surface area contributed by atoms with Crippen LogP contribution in [0.15, 0.2) is 34.8 Å². The first-order chi connectivity index (χ1) is 8.90. The van der Waals surface area contributed by atoms with E-state index in [0.717, 1.165) is 0 Å². The average Bonchev–Trinajstić information content (AvgIpc) is 2.36. The van der Waals surface area contributed by atoms with Gasteiger partial charge in [-0.05, 0) is 45.8 Å². The van der Waals surface area contributed by atoms with E-state index in [1.807, 2.05) is 0 Å². The van der Waals surface area contributed by atoms with Gasteiger partial charge < -0.3 is 0 Å². The summed E-state index contributed by atoms with van der Waals surface area (Å²) in [5, 5.41) is -0.522. The fourth-order valence-electron chi connectivity index (χ4n) is 1.58. The lowest BCUT2D eigenvalue weighted by molar-refractivity contribution is 0.611. The molecule has 2 aromatic rings. The molecule has 1 unspecified atom stereocenters. The number of halogens is 6. The van der Waals surface area contributed by atoms with E-state index in [0.29, 0.717) is 15.1 Å². The first-order valence-corrected chi connectivity index (χ1v) is 7.12. The Morgan fingerprint density at radius 2 is 1.63 bits per heavy atom. The monoisotopic (exact) mass is 384 g/mol. The van der Waals surface area contributed by atoms with E-state index < -0.39 is 17.0 Å². The normalized spacial score (nSPS) is 12.5. The highest BCUT2D eigenvalue weighted by atomic mass is 79.9. The average molecular weight is 386 g/mol. The van der Waals surface area contributed by atoms with Crippen LogP contribution in [0.5, 0.6) is 0 Å². The number of hydrogen-bond donors (Lipinski definition) is 0. The molecule has 100 valence electrons. The highest BCUT2D eigenvalue weighted by molar-refractivity contribution is 9.10. The van der Waals surface area contributed by atoms with Gasteiger partial charge in [0.25, 0.3) is 0 Å². The summed E-state index contributed by atoms with van der Waals surface area (Å²) in [4.78, 5) is 0. The molecule has 0 saturated carbocycles. The Morgan fingerprint density at radius 3 is 2.26 bits per heavy atom. The number of hydrogen-bond acceptors (Lipinski definition) is 0. The van der Waals surface area contributed by atoms with Crippen molar-refractivity contribution in [2.24, 2.45) is 0 Å². The van der Waals surface area contributed by atoms with Crippen LogP contribution >= 0.6 is 50.7 Å². The minimum atomic E-state index is -0.802. The zero-order valence-electron chi connectivity index (χ0n) is 9.23. The molecule has 0 aromatic heterocycles. The summed E-state index contributed by atoms with van der Waals surface area (Å²) < 4.78 is 27.4. The highest BCUT2D eigenvalue weighted by Crippen LogP contribution is 2.36. The van der Waals surface area contributed by atoms with Crippen molar-refractivity contribution in [1.29, 1.82) is 0 Å².